The van der Waals surface area contributed by atoms with E-state index >= 15 is 0 Å². The summed E-state index contributed by atoms with van der Waals surface area (Å²) in [5.74, 6) is 0.748. The van der Waals surface area contributed by atoms with Gasteiger partial charge in [-0.15, -0.1) is 0 Å². The van der Waals surface area contributed by atoms with Crippen LogP contribution >= 0.6 is 0 Å². The molecule has 1 aromatic carbocycles. The lowest BCUT2D eigenvalue weighted by Crippen LogP contribution is -2.20. The van der Waals surface area contributed by atoms with Crippen LogP contribution in [0.25, 0.3) is 5.70 Å². The van der Waals surface area contributed by atoms with Crippen molar-refractivity contribution in [1.29, 1.82) is 0 Å². The van der Waals surface area contributed by atoms with E-state index in [1.807, 2.05) is 24.3 Å². The lowest BCUT2D eigenvalue weighted by atomic mass is 10.1. The molecule has 1 aliphatic heterocycles. The van der Waals surface area contributed by atoms with Gasteiger partial charge in [-0.2, -0.15) is 0 Å². The number of benzene rings is 1. The second-order valence-corrected chi connectivity index (χ2v) is 4.06. The maximum Gasteiger partial charge on any atom is 0.255 e. The number of rotatable bonds is 1. The Balaban J connectivity index is 2.21. The summed E-state index contributed by atoms with van der Waals surface area (Å²) in [5, 5.41) is 0. The Hall–Kier alpha value is -2.49. The molecule has 0 amide bonds. The zero-order valence-corrected chi connectivity index (χ0v) is 9.67. The fourth-order valence-electron chi connectivity index (χ4n) is 2.05. The number of hydrogen-bond acceptors (Lipinski definition) is 3. The highest BCUT2D eigenvalue weighted by Crippen LogP contribution is 2.31. The van der Waals surface area contributed by atoms with E-state index in [0.717, 1.165) is 17.0 Å². The minimum absolute atomic E-state index is 0.0703. The van der Waals surface area contributed by atoms with Gasteiger partial charge in [0, 0.05) is 23.5 Å². The van der Waals surface area contributed by atoms with Gasteiger partial charge in [0.2, 0.25) is 0 Å². The van der Waals surface area contributed by atoms with Gasteiger partial charge in [-0.05, 0) is 30.3 Å². The summed E-state index contributed by atoms with van der Waals surface area (Å²) in [5.41, 5.74) is 8.02. The third-order valence-corrected chi connectivity index (χ3v) is 2.88. The predicted octanol–water partition coefficient (Wildman–Crippen LogP) is 1.71. The van der Waals surface area contributed by atoms with E-state index in [9.17, 15) is 4.79 Å². The molecule has 0 radical (unpaired) electrons. The zero-order chi connectivity index (χ0) is 12.5. The summed E-state index contributed by atoms with van der Waals surface area (Å²) >= 11 is 0. The van der Waals surface area contributed by atoms with E-state index in [4.69, 9.17) is 10.5 Å². The van der Waals surface area contributed by atoms with Crippen molar-refractivity contribution in [3.8, 4) is 5.75 Å². The Morgan fingerprint density at radius 3 is 2.94 bits per heavy atom. The number of fused-ring (bicyclic) bond motifs is 1. The van der Waals surface area contributed by atoms with Crippen molar-refractivity contribution >= 4 is 11.4 Å². The average molecular weight is 240 g/mol. The van der Waals surface area contributed by atoms with Crippen LogP contribution in [0.15, 0.2) is 53.5 Å². The number of nitrogens with zero attached hydrogens (tertiary/aromatic N) is 1. The van der Waals surface area contributed by atoms with Crippen LogP contribution < -0.4 is 16.0 Å². The minimum atomic E-state index is -0.0703. The highest BCUT2D eigenvalue weighted by Gasteiger charge is 2.15. The molecule has 0 saturated heterocycles. The summed E-state index contributed by atoms with van der Waals surface area (Å²) in [4.78, 5) is 11.9. The fraction of sp³-hybridized carbons (Fsp3) is 0.0714. The van der Waals surface area contributed by atoms with Crippen LogP contribution in [0.1, 0.15) is 5.56 Å². The second kappa shape index (κ2) is 4.07. The largest absolute Gasteiger partial charge is 0.489 e. The lowest BCUT2D eigenvalue weighted by molar-refractivity contribution is 0.356. The molecule has 0 bridgehead atoms. The normalized spacial score (nSPS) is 13.4. The SMILES string of the molecule is Nc1ccc2c(c1)C(n1ccccc1=O)=CCO2. The molecule has 2 heterocycles. The van der Waals surface area contributed by atoms with Gasteiger partial charge in [-0.3, -0.25) is 9.36 Å². The van der Waals surface area contributed by atoms with E-state index in [-0.39, 0.29) is 5.56 Å². The van der Waals surface area contributed by atoms with Gasteiger partial charge in [0.15, 0.2) is 0 Å². The number of nitrogen functional groups attached to an aromatic ring is 1. The molecule has 2 aromatic rings. The first-order chi connectivity index (χ1) is 8.75. The molecule has 4 heteroatoms. The van der Waals surface area contributed by atoms with Crippen LogP contribution in [0, 0.1) is 0 Å². The molecular formula is C14H12N2O2. The molecule has 3 rings (SSSR count). The number of anilines is 1. The summed E-state index contributed by atoms with van der Waals surface area (Å²) in [7, 11) is 0. The van der Waals surface area contributed by atoms with Crippen LogP contribution in [0.3, 0.4) is 0 Å². The van der Waals surface area contributed by atoms with E-state index in [0.29, 0.717) is 12.3 Å². The third-order valence-electron chi connectivity index (χ3n) is 2.88. The summed E-state index contributed by atoms with van der Waals surface area (Å²) < 4.78 is 7.12. The Morgan fingerprint density at radius 1 is 1.22 bits per heavy atom. The van der Waals surface area contributed by atoms with Crippen LogP contribution in [0.5, 0.6) is 5.75 Å². The Bertz CT molecular complexity index is 686. The molecule has 0 aliphatic carbocycles. The molecule has 18 heavy (non-hydrogen) atoms. The van der Waals surface area contributed by atoms with E-state index in [2.05, 4.69) is 0 Å². The summed E-state index contributed by atoms with van der Waals surface area (Å²) in [6, 6.07) is 10.5. The van der Waals surface area contributed by atoms with Gasteiger partial charge in [-0.25, -0.2) is 0 Å². The van der Waals surface area contributed by atoms with E-state index in [1.54, 1.807) is 22.9 Å². The maximum absolute atomic E-state index is 11.9. The molecule has 1 aromatic heterocycles. The third kappa shape index (κ3) is 1.68. The van der Waals surface area contributed by atoms with Gasteiger partial charge in [0.25, 0.3) is 5.56 Å². The molecular weight excluding hydrogens is 228 g/mol. The molecule has 0 fully saturated rings. The van der Waals surface area contributed by atoms with E-state index < -0.39 is 0 Å². The van der Waals surface area contributed by atoms with Crippen LogP contribution in [0.4, 0.5) is 5.69 Å². The monoisotopic (exact) mass is 240 g/mol. The van der Waals surface area contributed by atoms with Gasteiger partial charge in [0.05, 0.1) is 5.70 Å². The summed E-state index contributed by atoms with van der Waals surface area (Å²) in [6.07, 6.45) is 3.62. The van der Waals surface area contributed by atoms with Gasteiger partial charge >= 0.3 is 0 Å². The molecule has 2 N–H and O–H groups in total. The fourth-order valence-corrected chi connectivity index (χ4v) is 2.05. The van der Waals surface area contributed by atoms with Crippen LogP contribution in [-0.4, -0.2) is 11.2 Å². The number of hydrogen-bond donors (Lipinski definition) is 1. The molecule has 0 atom stereocenters. The van der Waals surface area contributed by atoms with Gasteiger partial charge in [0.1, 0.15) is 12.4 Å². The quantitative estimate of drug-likeness (QED) is 0.772. The van der Waals surface area contributed by atoms with Crippen molar-refractivity contribution in [1.82, 2.24) is 4.57 Å². The number of pyridine rings is 1. The van der Waals surface area contributed by atoms with Crippen molar-refractivity contribution in [2.75, 3.05) is 12.3 Å². The number of ether oxygens (including phenoxy) is 1. The topological polar surface area (TPSA) is 57.2 Å². The highest BCUT2D eigenvalue weighted by atomic mass is 16.5. The molecule has 0 spiro atoms. The number of aromatic nitrogens is 1. The van der Waals surface area contributed by atoms with Crippen molar-refractivity contribution in [2.24, 2.45) is 0 Å². The smallest absolute Gasteiger partial charge is 0.255 e. The van der Waals surface area contributed by atoms with Crippen LogP contribution in [-0.2, 0) is 0 Å². The molecule has 0 unspecified atom stereocenters. The molecule has 90 valence electrons. The minimum Gasteiger partial charge on any atom is -0.489 e. The molecule has 1 aliphatic rings. The van der Waals surface area contributed by atoms with E-state index in [1.165, 1.54) is 6.07 Å². The first-order valence-electron chi connectivity index (χ1n) is 5.66. The number of nitrogens with two attached hydrogens (primary N) is 1. The van der Waals surface area contributed by atoms with Crippen molar-refractivity contribution in [3.63, 3.8) is 0 Å². The Morgan fingerprint density at radius 2 is 2.11 bits per heavy atom. The second-order valence-electron chi connectivity index (χ2n) is 4.06. The Labute approximate surface area is 104 Å². The van der Waals surface area contributed by atoms with Crippen LogP contribution in [0.2, 0.25) is 0 Å². The average Bonchev–Trinajstić information content (AvgIpc) is 2.39. The molecule has 4 nitrogen and oxygen atoms in total. The first-order valence-corrected chi connectivity index (χ1v) is 5.66. The lowest BCUT2D eigenvalue weighted by Gasteiger charge is -2.20. The van der Waals surface area contributed by atoms with Crippen molar-refractivity contribution < 1.29 is 4.74 Å². The van der Waals surface area contributed by atoms with Crippen molar-refractivity contribution in [2.45, 2.75) is 0 Å². The molecule has 0 saturated carbocycles. The standard InChI is InChI=1S/C14H12N2O2/c15-10-4-5-13-11(9-10)12(6-8-18-13)16-7-2-1-3-14(16)17/h1-7,9H,8,15H2. The van der Waals surface area contributed by atoms with Gasteiger partial charge in [-0.1, -0.05) is 6.07 Å². The zero-order valence-electron chi connectivity index (χ0n) is 9.67. The highest BCUT2D eigenvalue weighted by molar-refractivity contribution is 5.74. The first kappa shape index (κ1) is 10.7. The predicted molar refractivity (Wildman–Crippen MR) is 70.4 cm³/mol. The van der Waals surface area contributed by atoms with Gasteiger partial charge < -0.3 is 10.5 Å². The summed E-state index contributed by atoms with van der Waals surface area (Å²) in [6.45, 7) is 0.452. The van der Waals surface area contributed by atoms with Crippen molar-refractivity contribution in [3.05, 3.63) is 64.6 Å². The maximum atomic E-state index is 11.9. The Kier molecular flexibility index (Phi) is 2.41.